The summed E-state index contributed by atoms with van der Waals surface area (Å²) in [6, 6.07) is 13.3. The predicted molar refractivity (Wildman–Crippen MR) is 76.3 cm³/mol. The first-order chi connectivity index (χ1) is 9.32. The largest absolute Gasteiger partial charge is 0.297 e. The maximum absolute atomic E-state index is 9.68. The van der Waals surface area contributed by atoms with Crippen LogP contribution in [0.2, 0.25) is 0 Å². The van der Waals surface area contributed by atoms with E-state index in [1.54, 1.807) is 0 Å². The van der Waals surface area contributed by atoms with E-state index in [1.165, 1.54) is 31.2 Å². The molecule has 0 N–H and O–H groups in total. The lowest BCUT2D eigenvalue weighted by Gasteiger charge is -2.25. The normalized spacial score (nSPS) is 31.4. The number of benzene rings is 1. The van der Waals surface area contributed by atoms with Gasteiger partial charge in [-0.1, -0.05) is 49.6 Å². The molecule has 2 aliphatic rings. The van der Waals surface area contributed by atoms with Gasteiger partial charge in [-0.3, -0.25) is 4.90 Å². The Morgan fingerprint density at radius 2 is 2.05 bits per heavy atom. The Morgan fingerprint density at radius 1 is 1.21 bits per heavy atom. The summed E-state index contributed by atoms with van der Waals surface area (Å²) in [6.45, 7) is 3.09. The van der Waals surface area contributed by atoms with E-state index in [2.05, 4.69) is 41.3 Å². The summed E-state index contributed by atoms with van der Waals surface area (Å²) in [4.78, 5) is 2.49. The van der Waals surface area contributed by atoms with Gasteiger partial charge >= 0.3 is 0 Å². The zero-order chi connectivity index (χ0) is 13.1. The van der Waals surface area contributed by atoms with Gasteiger partial charge in [-0.15, -0.1) is 0 Å². The summed E-state index contributed by atoms with van der Waals surface area (Å²) >= 11 is 0. The van der Waals surface area contributed by atoms with Crippen LogP contribution in [0.4, 0.5) is 0 Å². The molecule has 2 atom stereocenters. The molecule has 0 bridgehead atoms. The molecule has 2 fully saturated rings. The monoisotopic (exact) mass is 254 g/mol. The SMILES string of the molecule is N#C[C@@]12CCCCC[C@@H]1CN(Cc1ccccc1)C2. The van der Waals surface area contributed by atoms with Crippen LogP contribution in [0.15, 0.2) is 30.3 Å². The highest BCUT2D eigenvalue weighted by Gasteiger charge is 2.46. The van der Waals surface area contributed by atoms with Gasteiger partial charge in [0.1, 0.15) is 0 Å². The first-order valence-electron chi connectivity index (χ1n) is 7.50. The van der Waals surface area contributed by atoms with Gasteiger partial charge in [-0.2, -0.15) is 5.26 Å². The maximum Gasteiger partial charge on any atom is 0.0741 e. The molecule has 0 spiro atoms. The first-order valence-corrected chi connectivity index (χ1v) is 7.50. The van der Waals surface area contributed by atoms with Crippen molar-refractivity contribution < 1.29 is 0 Å². The molecule has 2 heteroatoms. The number of hydrogen-bond acceptors (Lipinski definition) is 2. The Labute approximate surface area is 116 Å². The Morgan fingerprint density at radius 3 is 2.84 bits per heavy atom. The van der Waals surface area contributed by atoms with Gasteiger partial charge in [0, 0.05) is 19.6 Å². The van der Waals surface area contributed by atoms with Crippen LogP contribution in [0, 0.1) is 22.7 Å². The summed E-state index contributed by atoms with van der Waals surface area (Å²) in [6.07, 6.45) is 6.23. The molecule has 1 saturated heterocycles. The molecule has 0 aromatic heterocycles. The maximum atomic E-state index is 9.68. The average molecular weight is 254 g/mol. The third kappa shape index (κ3) is 2.53. The van der Waals surface area contributed by atoms with Crippen LogP contribution < -0.4 is 0 Å². The van der Waals surface area contributed by atoms with E-state index in [0.29, 0.717) is 5.92 Å². The van der Waals surface area contributed by atoms with E-state index in [-0.39, 0.29) is 5.41 Å². The van der Waals surface area contributed by atoms with Crippen LogP contribution >= 0.6 is 0 Å². The molecule has 1 aliphatic carbocycles. The first kappa shape index (κ1) is 12.7. The van der Waals surface area contributed by atoms with Crippen LogP contribution in [0.5, 0.6) is 0 Å². The topological polar surface area (TPSA) is 27.0 Å². The molecule has 3 rings (SSSR count). The summed E-state index contributed by atoms with van der Waals surface area (Å²) in [5.41, 5.74) is 1.32. The summed E-state index contributed by atoms with van der Waals surface area (Å²) in [5, 5.41) is 9.68. The van der Waals surface area contributed by atoms with E-state index in [0.717, 1.165) is 26.1 Å². The lowest BCUT2D eigenvalue weighted by molar-refractivity contribution is 0.274. The van der Waals surface area contributed by atoms with E-state index >= 15 is 0 Å². The standard InChI is InChI=1S/C17H22N2/c18-13-17-10-6-2-5-9-16(17)12-19(14-17)11-15-7-3-1-4-8-15/h1,3-4,7-8,16H,2,5-6,9-12,14H2/t16-,17-/m1/s1. The second-order valence-corrected chi connectivity index (χ2v) is 6.22. The van der Waals surface area contributed by atoms with Gasteiger partial charge in [-0.25, -0.2) is 0 Å². The molecule has 0 unspecified atom stereocenters. The minimum absolute atomic E-state index is 0.0503. The highest BCUT2D eigenvalue weighted by atomic mass is 15.2. The fourth-order valence-corrected chi connectivity index (χ4v) is 3.88. The Kier molecular flexibility index (Phi) is 3.57. The van der Waals surface area contributed by atoms with Crippen molar-refractivity contribution >= 4 is 0 Å². The lowest BCUT2D eigenvalue weighted by atomic mass is 9.76. The van der Waals surface area contributed by atoms with Gasteiger partial charge in [0.25, 0.3) is 0 Å². The molecule has 1 heterocycles. The highest BCUT2D eigenvalue weighted by Crippen LogP contribution is 2.45. The van der Waals surface area contributed by atoms with Crippen LogP contribution in [0.1, 0.15) is 37.7 Å². The van der Waals surface area contributed by atoms with Crippen LogP contribution in [-0.2, 0) is 6.54 Å². The van der Waals surface area contributed by atoms with Crippen LogP contribution in [-0.4, -0.2) is 18.0 Å². The van der Waals surface area contributed by atoms with E-state index in [1.807, 2.05) is 0 Å². The molecule has 1 aromatic carbocycles. The smallest absolute Gasteiger partial charge is 0.0741 e. The van der Waals surface area contributed by atoms with E-state index < -0.39 is 0 Å². The third-order valence-electron chi connectivity index (χ3n) is 4.91. The van der Waals surface area contributed by atoms with Crippen LogP contribution in [0.25, 0.3) is 0 Å². The molecule has 0 amide bonds. The predicted octanol–water partition coefficient (Wildman–Crippen LogP) is 3.59. The molecule has 1 aliphatic heterocycles. The second-order valence-electron chi connectivity index (χ2n) is 6.22. The van der Waals surface area contributed by atoms with Crippen molar-refractivity contribution in [3.05, 3.63) is 35.9 Å². The van der Waals surface area contributed by atoms with Gasteiger partial charge in [-0.05, 0) is 24.3 Å². The van der Waals surface area contributed by atoms with Crippen LogP contribution in [0.3, 0.4) is 0 Å². The third-order valence-corrected chi connectivity index (χ3v) is 4.91. The summed E-state index contributed by atoms with van der Waals surface area (Å²) in [7, 11) is 0. The minimum atomic E-state index is -0.0503. The molecular weight excluding hydrogens is 232 g/mol. The Balaban J connectivity index is 1.73. The molecular formula is C17H22N2. The van der Waals surface area contributed by atoms with Crippen molar-refractivity contribution in [2.24, 2.45) is 11.3 Å². The van der Waals surface area contributed by atoms with E-state index in [9.17, 15) is 5.26 Å². The fraction of sp³-hybridized carbons (Fsp3) is 0.588. The zero-order valence-corrected chi connectivity index (χ0v) is 11.5. The van der Waals surface area contributed by atoms with Gasteiger partial charge in [0.05, 0.1) is 11.5 Å². The van der Waals surface area contributed by atoms with Gasteiger partial charge in [0.15, 0.2) is 0 Å². The molecule has 100 valence electrons. The minimum Gasteiger partial charge on any atom is -0.297 e. The average Bonchev–Trinajstić information content (AvgIpc) is 2.66. The summed E-state index contributed by atoms with van der Waals surface area (Å²) in [5.74, 6) is 0.601. The molecule has 19 heavy (non-hydrogen) atoms. The zero-order valence-electron chi connectivity index (χ0n) is 11.5. The molecule has 2 nitrogen and oxygen atoms in total. The number of rotatable bonds is 2. The number of hydrogen-bond donors (Lipinski definition) is 0. The highest BCUT2D eigenvalue weighted by molar-refractivity contribution is 5.16. The quantitative estimate of drug-likeness (QED) is 0.806. The Hall–Kier alpha value is -1.33. The number of nitrogens with zero attached hydrogens (tertiary/aromatic N) is 2. The number of likely N-dealkylation sites (tertiary alicyclic amines) is 1. The van der Waals surface area contributed by atoms with Crippen molar-refractivity contribution in [3.63, 3.8) is 0 Å². The van der Waals surface area contributed by atoms with Gasteiger partial charge in [0.2, 0.25) is 0 Å². The molecule has 0 radical (unpaired) electrons. The number of nitriles is 1. The van der Waals surface area contributed by atoms with Crippen molar-refractivity contribution in [2.45, 2.75) is 38.6 Å². The fourth-order valence-electron chi connectivity index (χ4n) is 3.88. The van der Waals surface area contributed by atoms with Crippen molar-refractivity contribution in [1.29, 1.82) is 5.26 Å². The lowest BCUT2D eigenvalue weighted by Crippen LogP contribution is -2.28. The second kappa shape index (κ2) is 5.35. The van der Waals surface area contributed by atoms with Gasteiger partial charge < -0.3 is 0 Å². The number of fused-ring (bicyclic) bond motifs is 1. The summed E-state index contributed by atoms with van der Waals surface area (Å²) < 4.78 is 0. The van der Waals surface area contributed by atoms with Crippen molar-refractivity contribution in [3.8, 4) is 6.07 Å². The van der Waals surface area contributed by atoms with E-state index in [4.69, 9.17) is 0 Å². The molecule has 1 aromatic rings. The van der Waals surface area contributed by atoms with Crippen molar-refractivity contribution in [1.82, 2.24) is 4.90 Å². The van der Waals surface area contributed by atoms with Crippen molar-refractivity contribution in [2.75, 3.05) is 13.1 Å². The Bertz CT molecular complexity index is 462. The molecule has 1 saturated carbocycles.